The molecule has 3 rings (SSSR count). The quantitative estimate of drug-likeness (QED) is 0.435. The van der Waals surface area contributed by atoms with Crippen molar-refractivity contribution < 1.29 is 19.1 Å². The van der Waals surface area contributed by atoms with Crippen LogP contribution in [0.15, 0.2) is 91.0 Å². The fourth-order valence-electron chi connectivity index (χ4n) is 2.80. The normalized spacial score (nSPS) is 10.5. The van der Waals surface area contributed by atoms with Crippen LogP contribution >= 0.6 is 0 Å². The molecule has 0 bridgehead atoms. The molecule has 0 saturated carbocycles. The van der Waals surface area contributed by atoms with Gasteiger partial charge in [-0.05, 0) is 23.3 Å². The van der Waals surface area contributed by atoms with Gasteiger partial charge in [0.05, 0.1) is 0 Å². The Morgan fingerprint density at radius 3 is 2.19 bits per heavy atom. The van der Waals surface area contributed by atoms with E-state index >= 15 is 0 Å². The molecule has 2 N–H and O–H groups in total. The van der Waals surface area contributed by atoms with Crippen molar-refractivity contribution in [1.82, 2.24) is 5.32 Å². The molecule has 6 nitrogen and oxygen atoms in total. The van der Waals surface area contributed by atoms with Crippen LogP contribution in [0.4, 0.5) is 5.69 Å². The molecule has 3 aromatic carbocycles. The molecule has 3 aromatic rings. The maximum absolute atomic E-state index is 12.2. The van der Waals surface area contributed by atoms with Crippen LogP contribution in [-0.2, 0) is 19.1 Å². The summed E-state index contributed by atoms with van der Waals surface area (Å²) in [6, 6.07) is 26.3. The number of para-hydroxylation sites is 1. The van der Waals surface area contributed by atoms with Crippen molar-refractivity contribution in [3.8, 4) is 11.1 Å². The Bertz CT molecular complexity index is 1060. The fourth-order valence-corrected chi connectivity index (χ4v) is 2.80. The summed E-state index contributed by atoms with van der Waals surface area (Å²) in [7, 11) is 0. The zero-order chi connectivity index (χ0) is 21.9. The van der Waals surface area contributed by atoms with Crippen molar-refractivity contribution >= 4 is 29.5 Å². The zero-order valence-electron chi connectivity index (χ0n) is 16.8. The molecular weight excluding hydrogens is 392 g/mol. The molecule has 0 saturated heterocycles. The molecule has 0 radical (unpaired) electrons. The number of carbonyl (C=O) groups excluding carboxylic acids is 3. The van der Waals surface area contributed by atoms with E-state index in [1.807, 2.05) is 78.9 Å². The Hall–Kier alpha value is -4.19. The molecule has 2 amide bonds. The highest BCUT2D eigenvalue weighted by Gasteiger charge is 2.11. The Morgan fingerprint density at radius 2 is 1.45 bits per heavy atom. The second-order valence-electron chi connectivity index (χ2n) is 6.58. The maximum atomic E-state index is 12.2. The number of carbonyl (C=O) groups is 3. The Morgan fingerprint density at radius 1 is 0.806 bits per heavy atom. The highest BCUT2D eigenvalue weighted by molar-refractivity contribution is 5.97. The van der Waals surface area contributed by atoms with E-state index < -0.39 is 24.4 Å². The van der Waals surface area contributed by atoms with Gasteiger partial charge in [0.2, 0.25) is 5.91 Å². The van der Waals surface area contributed by atoms with Gasteiger partial charge in [0.15, 0.2) is 6.61 Å². The van der Waals surface area contributed by atoms with Crippen molar-refractivity contribution in [1.29, 1.82) is 0 Å². The van der Waals surface area contributed by atoms with Gasteiger partial charge in [-0.15, -0.1) is 0 Å². The lowest BCUT2D eigenvalue weighted by molar-refractivity contribution is -0.146. The summed E-state index contributed by atoms with van der Waals surface area (Å²) in [6.07, 6.45) is 2.97. The van der Waals surface area contributed by atoms with Gasteiger partial charge in [0.25, 0.3) is 5.91 Å². The standard InChI is InChI=1S/C25H22N2O4/c28-23(16-15-19-9-3-1-4-10-19)26-17-25(30)31-18-24(29)27-22-14-8-7-13-21(22)20-11-5-2-6-12-20/h1-16H,17-18H2,(H,26,28)(H,27,29)/b16-15+. The smallest absolute Gasteiger partial charge is 0.325 e. The van der Waals surface area contributed by atoms with E-state index in [2.05, 4.69) is 10.6 Å². The van der Waals surface area contributed by atoms with E-state index in [0.717, 1.165) is 16.7 Å². The Balaban J connectivity index is 1.44. The van der Waals surface area contributed by atoms with E-state index in [0.29, 0.717) is 5.69 Å². The lowest BCUT2D eigenvalue weighted by atomic mass is 10.0. The van der Waals surface area contributed by atoms with Crippen molar-refractivity contribution in [3.05, 3.63) is 96.6 Å². The maximum Gasteiger partial charge on any atom is 0.325 e. The SMILES string of the molecule is O=C(/C=C/c1ccccc1)NCC(=O)OCC(=O)Nc1ccccc1-c1ccccc1. The highest BCUT2D eigenvalue weighted by atomic mass is 16.5. The lowest BCUT2D eigenvalue weighted by Gasteiger charge is -2.11. The monoisotopic (exact) mass is 414 g/mol. The van der Waals surface area contributed by atoms with Gasteiger partial charge in [-0.2, -0.15) is 0 Å². The molecule has 0 unspecified atom stereocenters. The van der Waals surface area contributed by atoms with Crippen molar-refractivity contribution in [2.75, 3.05) is 18.5 Å². The third kappa shape index (κ3) is 6.97. The van der Waals surface area contributed by atoms with E-state index in [-0.39, 0.29) is 6.54 Å². The molecule has 0 aliphatic carbocycles. The number of anilines is 1. The fraction of sp³-hybridized carbons (Fsp3) is 0.0800. The first-order valence-corrected chi connectivity index (χ1v) is 9.73. The van der Waals surface area contributed by atoms with E-state index in [1.54, 1.807) is 12.1 Å². The topological polar surface area (TPSA) is 84.5 Å². The van der Waals surface area contributed by atoms with Crippen LogP contribution in [-0.4, -0.2) is 30.9 Å². The third-order valence-electron chi connectivity index (χ3n) is 4.28. The van der Waals surface area contributed by atoms with E-state index in [4.69, 9.17) is 4.74 Å². The van der Waals surface area contributed by atoms with Crippen molar-refractivity contribution in [2.45, 2.75) is 0 Å². The van der Waals surface area contributed by atoms with Crippen LogP contribution in [0, 0.1) is 0 Å². The molecular formula is C25H22N2O4. The lowest BCUT2D eigenvalue weighted by Crippen LogP contribution is -2.31. The molecule has 31 heavy (non-hydrogen) atoms. The van der Waals surface area contributed by atoms with E-state index in [1.165, 1.54) is 6.08 Å². The molecule has 0 spiro atoms. The van der Waals surface area contributed by atoms with Gasteiger partial charge < -0.3 is 15.4 Å². The average molecular weight is 414 g/mol. The number of rotatable bonds is 8. The summed E-state index contributed by atoms with van der Waals surface area (Å²) in [6.45, 7) is -0.774. The molecule has 6 heteroatoms. The number of esters is 1. The van der Waals surface area contributed by atoms with Gasteiger partial charge >= 0.3 is 5.97 Å². The van der Waals surface area contributed by atoms with Crippen molar-refractivity contribution in [2.24, 2.45) is 0 Å². The highest BCUT2D eigenvalue weighted by Crippen LogP contribution is 2.27. The zero-order valence-corrected chi connectivity index (χ0v) is 16.8. The Labute approximate surface area is 180 Å². The minimum atomic E-state index is -0.701. The molecule has 0 aliphatic rings. The first kappa shape index (κ1) is 21.5. The minimum absolute atomic E-state index is 0.328. The number of amides is 2. The largest absolute Gasteiger partial charge is 0.454 e. The summed E-state index contributed by atoms with van der Waals surface area (Å²) in [5.41, 5.74) is 3.31. The van der Waals surface area contributed by atoms with E-state index in [9.17, 15) is 14.4 Å². The number of hydrogen-bond acceptors (Lipinski definition) is 4. The predicted molar refractivity (Wildman–Crippen MR) is 120 cm³/mol. The van der Waals surface area contributed by atoms with Gasteiger partial charge in [0, 0.05) is 17.3 Å². The molecule has 0 aromatic heterocycles. The Kier molecular flexibility index (Phi) is 7.71. The molecule has 0 heterocycles. The second-order valence-corrected chi connectivity index (χ2v) is 6.58. The summed E-state index contributed by atoms with van der Waals surface area (Å²) in [5, 5.41) is 5.18. The number of hydrogen-bond donors (Lipinski definition) is 2. The average Bonchev–Trinajstić information content (AvgIpc) is 2.81. The summed E-state index contributed by atoms with van der Waals surface area (Å²) >= 11 is 0. The van der Waals surface area contributed by atoms with Crippen LogP contribution in [0.1, 0.15) is 5.56 Å². The van der Waals surface area contributed by atoms with Crippen molar-refractivity contribution in [3.63, 3.8) is 0 Å². The van der Waals surface area contributed by atoms with Crippen LogP contribution in [0.3, 0.4) is 0 Å². The summed E-state index contributed by atoms with van der Waals surface area (Å²) < 4.78 is 4.95. The minimum Gasteiger partial charge on any atom is -0.454 e. The predicted octanol–water partition coefficient (Wildman–Crippen LogP) is 3.66. The molecule has 156 valence electrons. The summed E-state index contributed by atoms with van der Waals surface area (Å²) in [5.74, 6) is -1.60. The van der Waals surface area contributed by atoms with Crippen LogP contribution in [0.5, 0.6) is 0 Å². The van der Waals surface area contributed by atoms with Gasteiger partial charge in [-0.25, -0.2) is 0 Å². The van der Waals surface area contributed by atoms with Crippen LogP contribution in [0.2, 0.25) is 0 Å². The van der Waals surface area contributed by atoms with Gasteiger partial charge in [0.1, 0.15) is 6.54 Å². The molecule has 0 atom stereocenters. The second kappa shape index (κ2) is 11.1. The van der Waals surface area contributed by atoms with Gasteiger partial charge in [-0.1, -0.05) is 78.9 Å². The molecule has 0 fully saturated rings. The van der Waals surface area contributed by atoms with Crippen LogP contribution in [0.25, 0.3) is 17.2 Å². The molecule has 0 aliphatic heterocycles. The number of nitrogens with one attached hydrogen (secondary N) is 2. The number of ether oxygens (including phenoxy) is 1. The first-order valence-electron chi connectivity index (χ1n) is 9.73. The third-order valence-corrected chi connectivity index (χ3v) is 4.28. The van der Waals surface area contributed by atoms with Gasteiger partial charge in [-0.3, -0.25) is 14.4 Å². The first-order chi connectivity index (χ1) is 15.1. The summed E-state index contributed by atoms with van der Waals surface area (Å²) in [4.78, 5) is 35.8. The van der Waals surface area contributed by atoms with Crippen LogP contribution < -0.4 is 10.6 Å². The number of benzene rings is 3.